The summed E-state index contributed by atoms with van der Waals surface area (Å²) in [7, 11) is 0. The molecule has 0 radical (unpaired) electrons. The van der Waals surface area contributed by atoms with Gasteiger partial charge in [-0.1, -0.05) is 0 Å². The quantitative estimate of drug-likeness (QED) is 0.529. The molecule has 2 heterocycles. The van der Waals surface area contributed by atoms with Crippen LogP contribution in [0.1, 0.15) is 12.6 Å². The summed E-state index contributed by atoms with van der Waals surface area (Å²) in [5.74, 6) is 0.0625. The van der Waals surface area contributed by atoms with E-state index in [-0.39, 0.29) is 17.8 Å². The Balaban J connectivity index is 1.95. The van der Waals surface area contributed by atoms with Crippen molar-refractivity contribution >= 4 is 16.8 Å². The lowest BCUT2D eigenvalue weighted by molar-refractivity contribution is -0.384. The van der Waals surface area contributed by atoms with E-state index in [4.69, 9.17) is 9.15 Å². The van der Waals surface area contributed by atoms with E-state index in [1.165, 1.54) is 22.8 Å². The fraction of sp³-hybridized carbons (Fsp3) is 0.200. The molecule has 3 rings (SSSR count). The molecule has 0 fully saturated rings. The fourth-order valence-electron chi connectivity index (χ4n) is 2.24. The molecule has 0 bridgehead atoms. The molecule has 0 amide bonds. The molecule has 0 aliphatic carbocycles. The Labute approximate surface area is 130 Å². The van der Waals surface area contributed by atoms with Gasteiger partial charge in [0.2, 0.25) is 0 Å². The normalized spacial score (nSPS) is 10.8. The van der Waals surface area contributed by atoms with Crippen molar-refractivity contribution in [2.45, 2.75) is 13.5 Å². The number of oxazole rings is 1. The van der Waals surface area contributed by atoms with Crippen LogP contribution in [0.4, 0.5) is 5.69 Å². The average molecular weight is 315 g/mol. The van der Waals surface area contributed by atoms with Crippen LogP contribution in [-0.4, -0.2) is 21.1 Å². The van der Waals surface area contributed by atoms with Crippen molar-refractivity contribution in [1.82, 2.24) is 9.55 Å². The molecular formula is C15H13N3O5. The van der Waals surface area contributed by atoms with Gasteiger partial charge < -0.3 is 9.15 Å². The van der Waals surface area contributed by atoms with Crippen molar-refractivity contribution in [2.75, 3.05) is 6.61 Å². The number of hydrogen-bond donors (Lipinski definition) is 0. The number of pyridine rings is 1. The largest absolute Gasteiger partial charge is 0.492 e. The second kappa shape index (κ2) is 5.91. The number of ether oxygens (including phenoxy) is 1. The van der Waals surface area contributed by atoms with Gasteiger partial charge in [-0.25, -0.2) is 4.79 Å². The number of non-ortho nitro benzene ring substituents is 1. The summed E-state index contributed by atoms with van der Waals surface area (Å²) in [5.41, 5.74) is 1.18. The smallest absolute Gasteiger partial charge is 0.420 e. The van der Waals surface area contributed by atoms with Crippen LogP contribution in [-0.2, 0) is 6.54 Å². The molecule has 0 unspecified atom stereocenters. The lowest BCUT2D eigenvalue weighted by Crippen LogP contribution is -2.15. The van der Waals surface area contributed by atoms with Crippen molar-refractivity contribution < 1.29 is 14.1 Å². The van der Waals surface area contributed by atoms with Gasteiger partial charge in [0.25, 0.3) is 5.69 Å². The average Bonchev–Trinajstić information content (AvgIpc) is 2.84. The molecule has 0 saturated heterocycles. The van der Waals surface area contributed by atoms with E-state index < -0.39 is 10.7 Å². The molecule has 23 heavy (non-hydrogen) atoms. The lowest BCUT2D eigenvalue weighted by Gasteiger charge is -2.04. The minimum atomic E-state index is -0.587. The first-order valence-electron chi connectivity index (χ1n) is 6.94. The van der Waals surface area contributed by atoms with Gasteiger partial charge in [0.05, 0.1) is 41.5 Å². The molecule has 3 aromatic rings. The SMILES string of the molecule is CCOc1ccc(Cn2c(=O)oc3cc([N+](=O)[O-])ccc32)nc1. The van der Waals surface area contributed by atoms with Gasteiger partial charge in [0.1, 0.15) is 5.75 Å². The summed E-state index contributed by atoms with van der Waals surface area (Å²) in [4.78, 5) is 26.4. The van der Waals surface area contributed by atoms with E-state index in [0.717, 1.165) is 0 Å². The zero-order valence-corrected chi connectivity index (χ0v) is 12.3. The summed E-state index contributed by atoms with van der Waals surface area (Å²) >= 11 is 0. The molecule has 0 N–H and O–H groups in total. The monoisotopic (exact) mass is 315 g/mol. The van der Waals surface area contributed by atoms with E-state index in [1.54, 1.807) is 18.3 Å². The minimum absolute atomic E-state index is 0.127. The molecule has 8 nitrogen and oxygen atoms in total. The van der Waals surface area contributed by atoms with Crippen LogP contribution in [0.15, 0.2) is 45.7 Å². The molecule has 0 saturated carbocycles. The van der Waals surface area contributed by atoms with Crippen molar-refractivity contribution in [3.63, 3.8) is 0 Å². The highest BCUT2D eigenvalue weighted by Crippen LogP contribution is 2.20. The lowest BCUT2D eigenvalue weighted by atomic mass is 10.3. The highest BCUT2D eigenvalue weighted by atomic mass is 16.6. The van der Waals surface area contributed by atoms with E-state index in [9.17, 15) is 14.9 Å². The molecule has 1 aromatic carbocycles. The highest BCUT2D eigenvalue weighted by molar-refractivity contribution is 5.75. The number of fused-ring (bicyclic) bond motifs is 1. The summed E-state index contributed by atoms with van der Waals surface area (Å²) in [6, 6.07) is 7.58. The second-order valence-electron chi connectivity index (χ2n) is 4.78. The van der Waals surface area contributed by atoms with Crippen molar-refractivity contribution in [1.29, 1.82) is 0 Å². The third-order valence-electron chi connectivity index (χ3n) is 3.29. The van der Waals surface area contributed by atoms with Crippen LogP contribution < -0.4 is 10.5 Å². The molecular weight excluding hydrogens is 302 g/mol. The molecule has 8 heteroatoms. The molecule has 2 aromatic heterocycles. The number of rotatable bonds is 5. The van der Waals surface area contributed by atoms with Crippen LogP contribution >= 0.6 is 0 Å². The van der Waals surface area contributed by atoms with E-state index in [2.05, 4.69) is 4.98 Å². The number of hydrogen-bond acceptors (Lipinski definition) is 6. The Kier molecular flexibility index (Phi) is 3.80. The number of benzene rings is 1. The van der Waals surface area contributed by atoms with Crippen LogP contribution in [0.2, 0.25) is 0 Å². The fourth-order valence-corrected chi connectivity index (χ4v) is 2.24. The van der Waals surface area contributed by atoms with Crippen LogP contribution in [0.5, 0.6) is 5.75 Å². The van der Waals surface area contributed by atoms with Crippen LogP contribution in [0, 0.1) is 10.1 Å². The number of nitro benzene ring substituents is 1. The summed E-state index contributed by atoms with van der Waals surface area (Å²) in [6.07, 6.45) is 1.58. The Hall–Kier alpha value is -3.16. The van der Waals surface area contributed by atoms with Crippen molar-refractivity contribution in [3.8, 4) is 5.75 Å². The summed E-state index contributed by atoms with van der Waals surface area (Å²) in [5, 5.41) is 10.8. The van der Waals surface area contributed by atoms with Gasteiger partial charge >= 0.3 is 5.76 Å². The van der Waals surface area contributed by atoms with Crippen LogP contribution in [0.3, 0.4) is 0 Å². The Morgan fingerprint density at radius 3 is 2.83 bits per heavy atom. The minimum Gasteiger partial charge on any atom is -0.492 e. The topological polar surface area (TPSA) is 100 Å². The maximum atomic E-state index is 12.0. The predicted molar refractivity (Wildman–Crippen MR) is 81.6 cm³/mol. The van der Waals surface area contributed by atoms with Gasteiger partial charge in [-0.2, -0.15) is 0 Å². The Morgan fingerprint density at radius 1 is 1.35 bits per heavy atom. The van der Waals surface area contributed by atoms with Crippen LogP contribution in [0.25, 0.3) is 11.1 Å². The van der Waals surface area contributed by atoms with E-state index in [1.807, 2.05) is 6.92 Å². The highest BCUT2D eigenvalue weighted by Gasteiger charge is 2.14. The first kappa shape index (κ1) is 14.8. The van der Waals surface area contributed by atoms with E-state index in [0.29, 0.717) is 23.6 Å². The number of aromatic nitrogens is 2. The van der Waals surface area contributed by atoms with Gasteiger partial charge in [-0.05, 0) is 25.1 Å². The Bertz CT molecular complexity index is 911. The predicted octanol–water partition coefficient (Wildman–Crippen LogP) is 2.34. The van der Waals surface area contributed by atoms with Gasteiger partial charge in [0.15, 0.2) is 5.58 Å². The third-order valence-corrected chi connectivity index (χ3v) is 3.29. The second-order valence-corrected chi connectivity index (χ2v) is 4.78. The van der Waals surface area contributed by atoms with Crippen molar-refractivity contribution in [2.24, 2.45) is 0 Å². The Morgan fingerprint density at radius 2 is 2.17 bits per heavy atom. The molecule has 0 aliphatic rings. The maximum Gasteiger partial charge on any atom is 0.420 e. The summed E-state index contributed by atoms with van der Waals surface area (Å²) < 4.78 is 11.8. The maximum absolute atomic E-state index is 12.0. The summed E-state index contributed by atoms with van der Waals surface area (Å²) in [6.45, 7) is 2.63. The zero-order valence-electron chi connectivity index (χ0n) is 12.3. The van der Waals surface area contributed by atoms with E-state index >= 15 is 0 Å². The van der Waals surface area contributed by atoms with Crippen molar-refractivity contribution in [3.05, 3.63) is 62.9 Å². The molecule has 0 aliphatic heterocycles. The molecule has 118 valence electrons. The molecule has 0 atom stereocenters. The number of nitrogens with zero attached hydrogens (tertiary/aromatic N) is 3. The third kappa shape index (κ3) is 2.91. The zero-order chi connectivity index (χ0) is 16.4. The van der Waals surface area contributed by atoms with Gasteiger partial charge in [-0.3, -0.25) is 19.7 Å². The standard InChI is InChI=1S/C15H13N3O5/c1-2-22-12-5-3-10(16-8-12)9-17-13-6-4-11(18(20)21)7-14(13)23-15(17)19/h3-8H,2,9H2,1H3. The van der Waals surface area contributed by atoms with Gasteiger partial charge in [-0.15, -0.1) is 0 Å². The van der Waals surface area contributed by atoms with Gasteiger partial charge in [0, 0.05) is 6.07 Å². The first-order chi connectivity index (χ1) is 11.1. The first-order valence-corrected chi connectivity index (χ1v) is 6.94. The number of nitro groups is 1. The molecule has 0 spiro atoms.